The Morgan fingerprint density at radius 1 is 1.10 bits per heavy atom. The fourth-order valence-corrected chi connectivity index (χ4v) is 3.98. The molecule has 1 N–H and O–H groups in total. The van der Waals surface area contributed by atoms with Crippen molar-refractivity contribution in [3.63, 3.8) is 0 Å². The number of hydrogen-bond donors (Lipinski definition) is 1. The van der Waals surface area contributed by atoms with Crippen molar-refractivity contribution in [2.45, 2.75) is 59.2 Å². The number of carbonyl (C=O) groups excluding carboxylic acids is 1. The van der Waals surface area contributed by atoms with E-state index in [-0.39, 0.29) is 28.8 Å². The third-order valence-electron chi connectivity index (χ3n) is 5.48. The van der Waals surface area contributed by atoms with E-state index in [0.717, 1.165) is 31.6 Å². The van der Waals surface area contributed by atoms with Crippen LogP contribution < -0.4 is 16.6 Å². The van der Waals surface area contributed by atoms with E-state index in [1.54, 1.807) is 28.8 Å². The second kappa shape index (κ2) is 8.87. The zero-order chi connectivity index (χ0) is 22.0. The van der Waals surface area contributed by atoms with Gasteiger partial charge in [-0.15, -0.1) is 0 Å². The highest BCUT2D eigenvalue weighted by atomic mass is 16.2. The number of aryl methyl sites for hydroxylation is 2. The normalized spacial score (nSPS) is 13.5. The van der Waals surface area contributed by atoms with Gasteiger partial charge in [0.05, 0.1) is 5.39 Å². The molecule has 0 spiro atoms. The maximum Gasteiger partial charge on any atom is 0.345 e. The number of amides is 1. The number of nitrogens with zero attached hydrogens (tertiary/aromatic N) is 5. The highest BCUT2D eigenvalue weighted by Gasteiger charge is 2.18. The summed E-state index contributed by atoms with van der Waals surface area (Å²) in [4.78, 5) is 38.0. The van der Waals surface area contributed by atoms with Crippen LogP contribution in [0.5, 0.6) is 0 Å². The maximum absolute atomic E-state index is 12.9. The summed E-state index contributed by atoms with van der Waals surface area (Å²) in [6.45, 7) is 6.00. The summed E-state index contributed by atoms with van der Waals surface area (Å²) in [5.41, 5.74) is -0.0242. The molecule has 0 fully saturated rings. The van der Waals surface area contributed by atoms with Gasteiger partial charge in [-0.3, -0.25) is 14.2 Å². The van der Waals surface area contributed by atoms with E-state index in [1.165, 1.54) is 9.36 Å². The summed E-state index contributed by atoms with van der Waals surface area (Å²) in [7, 11) is 0. The topological polar surface area (TPSA) is 104 Å². The van der Waals surface area contributed by atoms with Crippen LogP contribution in [-0.4, -0.2) is 36.6 Å². The quantitative estimate of drug-likeness (QED) is 0.580. The Labute approximate surface area is 179 Å². The lowest BCUT2D eigenvalue weighted by molar-refractivity contribution is 0.0946. The minimum absolute atomic E-state index is 0.0746. The lowest BCUT2D eigenvalue weighted by Crippen LogP contribution is -2.33. The molecule has 3 heterocycles. The third kappa shape index (κ3) is 4.30. The monoisotopic (exact) mass is 424 g/mol. The first-order valence-corrected chi connectivity index (χ1v) is 10.9. The van der Waals surface area contributed by atoms with Crippen molar-refractivity contribution in [3.8, 4) is 0 Å². The molecule has 0 bridgehead atoms. The molecule has 164 valence electrons. The van der Waals surface area contributed by atoms with E-state index in [9.17, 15) is 14.4 Å². The zero-order valence-corrected chi connectivity index (χ0v) is 18.0. The average molecular weight is 425 g/mol. The molecule has 0 saturated heterocycles. The van der Waals surface area contributed by atoms with Crippen molar-refractivity contribution in [3.05, 3.63) is 56.6 Å². The van der Waals surface area contributed by atoms with E-state index in [0.29, 0.717) is 36.8 Å². The van der Waals surface area contributed by atoms with Gasteiger partial charge in [0, 0.05) is 38.0 Å². The fraction of sp³-hybridized carbons (Fsp3) is 0.500. The first-order chi connectivity index (χ1) is 15.0. The van der Waals surface area contributed by atoms with Gasteiger partial charge < -0.3 is 5.32 Å². The van der Waals surface area contributed by atoms with Crippen molar-refractivity contribution in [2.24, 2.45) is 5.92 Å². The summed E-state index contributed by atoms with van der Waals surface area (Å²) in [5.74, 6) is 0.745. The lowest BCUT2D eigenvalue weighted by atomic mass is 10.1. The second-order valence-electron chi connectivity index (χ2n) is 8.42. The Hall–Kier alpha value is -3.23. The molecular weight excluding hydrogens is 396 g/mol. The summed E-state index contributed by atoms with van der Waals surface area (Å²) in [5, 5.41) is 12.7. The first-order valence-electron chi connectivity index (χ1n) is 10.9. The minimum atomic E-state index is -0.329. The number of nitrogens with one attached hydrogen (secondary N) is 1. The molecule has 0 aliphatic carbocycles. The molecule has 31 heavy (non-hydrogen) atoms. The average Bonchev–Trinajstić information content (AvgIpc) is 3.08. The minimum Gasteiger partial charge on any atom is -0.351 e. The molecule has 1 amide bonds. The standard InChI is InChI=1S/C22H28N6O3/c1-15(2)14-28-21(30)17-9-4-3-8-16(17)19(25-28)20(29)23-11-7-13-27-22(31)26-12-6-5-10-18(26)24-27/h3-4,8-9,15H,5-7,10-14H2,1-2H3,(H,23,29). The predicted octanol–water partition coefficient (Wildman–Crippen LogP) is 1.57. The van der Waals surface area contributed by atoms with Gasteiger partial charge >= 0.3 is 5.69 Å². The molecule has 0 radical (unpaired) electrons. The molecular formula is C22H28N6O3. The molecule has 0 saturated carbocycles. The number of aromatic nitrogens is 5. The number of fused-ring (bicyclic) bond motifs is 2. The molecule has 0 unspecified atom stereocenters. The van der Waals surface area contributed by atoms with Gasteiger partial charge in [0.15, 0.2) is 5.69 Å². The van der Waals surface area contributed by atoms with Gasteiger partial charge in [0.2, 0.25) is 0 Å². The number of carbonyl (C=O) groups is 1. The highest BCUT2D eigenvalue weighted by molar-refractivity contribution is 6.04. The molecule has 1 aliphatic heterocycles. The molecule has 1 aromatic carbocycles. The van der Waals surface area contributed by atoms with Gasteiger partial charge in [-0.25, -0.2) is 14.2 Å². The largest absolute Gasteiger partial charge is 0.351 e. The van der Waals surface area contributed by atoms with Gasteiger partial charge in [-0.1, -0.05) is 32.0 Å². The van der Waals surface area contributed by atoms with E-state index < -0.39 is 0 Å². The summed E-state index contributed by atoms with van der Waals surface area (Å²) in [6.07, 6.45) is 3.48. The van der Waals surface area contributed by atoms with Crippen molar-refractivity contribution in [1.29, 1.82) is 0 Å². The Bertz CT molecular complexity index is 1220. The summed E-state index contributed by atoms with van der Waals surface area (Å²) in [6, 6.07) is 7.04. The van der Waals surface area contributed by atoms with Crippen molar-refractivity contribution < 1.29 is 4.79 Å². The van der Waals surface area contributed by atoms with E-state index >= 15 is 0 Å². The number of hydrogen-bond acceptors (Lipinski definition) is 5. The van der Waals surface area contributed by atoms with E-state index in [4.69, 9.17) is 0 Å². The molecule has 9 nitrogen and oxygen atoms in total. The molecule has 0 atom stereocenters. The fourth-order valence-electron chi connectivity index (χ4n) is 3.98. The van der Waals surface area contributed by atoms with Crippen LogP contribution in [0.25, 0.3) is 10.8 Å². The molecule has 9 heteroatoms. The predicted molar refractivity (Wildman–Crippen MR) is 117 cm³/mol. The van der Waals surface area contributed by atoms with Gasteiger partial charge in [0.25, 0.3) is 11.5 Å². The van der Waals surface area contributed by atoms with Crippen molar-refractivity contribution in [1.82, 2.24) is 29.4 Å². The Balaban J connectivity index is 1.46. The van der Waals surface area contributed by atoms with Crippen LogP contribution in [0.15, 0.2) is 33.9 Å². The summed E-state index contributed by atoms with van der Waals surface area (Å²) >= 11 is 0. The van der Waals surface area contributed by atoms with Crippen LogP contribution >= 0.6 is 0 Å². The molecule has 4 rings (SSSR count). The molecule has 3 aromatic rings. The zero-order valence-electron chi connectivity index (χ0n) is 18.0. The highest BCUT2D eigenvalue weighted by Crippen LogP contribution is 2.14. The van der Waals surface area contributed by atoms with Gasteiger partial charge in [-0.05, 0) is 31.2 Å². The smallest absolute Gasteiger partial charge is 0.345 e. The van der Waals surface area contributed by atoms with Crippen LogP contribution in [-0.2, 0) is 26.1 Å². The van der Waals surface area contributed by atoms with Crippen LogP contribution in [0.2, 0.25) is 0 Å². The van der Waals surface area contributed by atoms with Crippen LogP contribution in [0.1, 0.15) is 49.4 Å². The lowest BCUT2D eigenvalue weighted by Gasteiger charge is -2.12. The second-order valence-corrected chi connectivity index (χ2v) is 8.42. The number of benzene rings is 1. The Morgan fingerprint density at radius 3 is 2.61 bits per heavy atom. The van der Waals surface area contributed by atoms with Crippen LogP contribution in [0.4, 0.5) is 0 Å². The maximum atomic E-state index is 12.9. The Kier molecular flexibility index (Phi) is 6.01. The van der Waals surface area contributed by atoms with Gasteiger partial charge in [-0.2, -0.15) is 10.2 Å². The van der Waals surface area contributed by atoms with E-state index in [1.807, 2.05) is 13.8 Å². The van der Waals surface area contributed by atoms with Crippen LogP contribution in [0, 0.1) is 5.92 Å². The van der Waals surface area contributed by atoms with E-state index in [2.05, 4.69) is 15.5 Å². The van der Waals surface area contributed by atoms with Crippen molar-refractivity contribution in [2.75, 3.05) is 6.54 Å². The Morgan fingerprint density at radius 2 is 1.87 bits per heavy atom. The summed E-state index contributed by atoms with van der Waals surface area (Å²) < 4.78 is 4.61. The molecule has 1 aliphatic rings. The van der Waals surface area contributed by atoms with Crippen molar-refractivity contribution >= 4 is 16.7 Å². The first kappa shape index (κ1) is 21.0. The third-order valence-corrected chi connectivity index (χ3v) is 5.48. The van der Waals surface area contributed by atoms with Gasteiger partial charge in [0.1, 0.15) is 5.82 Å². The SMILES string of the molecule is CC(C)Cn1nc(C(=O)NCCCn2nc3n(c2=O)CCCC3)c2ccccc2c1=O. The molecule has 2 aromatic heterocycles. The van der Waals surface area contributed by atoms with Crippen LogP contribution in [0.3, 0.4) is 0 Å². The number of rotatable bonds is 7.